The van der Waals surface area contributed by atoms with Crippen molar-refractivity contribution in [2.75, 3.05) is 78.5 Å². The second-order valence-electron chi connectivity index (χ2n) is 25.5. The molecular formula is C72H134N12O12. The molecule has 0 aliphatic carbocycles. The summed E-state index contributed by atoms with van der Waals surface area (Å²) in [6.45, 7) is 11.6. The maximum absolute atomic E-state index is 12.3. The molecule has 0 radical (unpaired) electrons. The summed E-state index contributed by atoms with van der Waals surface area (Å²) in [5, 5.41) is 35.2. The SMILES string of the molecule is CCCNC(=O)CCCCC(=O)NCCCCCCNC(=O)CCCCC(=O)NCCCCCCNC(=O)CCCCC(=O)NCCCCCCNC(=O)CCCCC(=O)NCCCCCCNC(=O)CCCCC(=O)NCCCCCCNC(=O)CCCCC(=O)NCCC. The third-order valence-electron chi connectivity index (χ3n) is 16.2. The van der Waals surface area contributed by atoms with Gasteiger partial charge >= 0.3 is 0 Å². The van der Waals surface area contributed by atoms with Gasteiger partial charge in [-0.3, -0.25) is 57.5 Å². The Kier molecular flexibility index (Phi) is 64.0. The van der Waals surface area contributed by atoms with Gasteiger partial charge in [-0.05, 0) is 154 Å². The number of carbonyl (C=O) groups is 12. The molecule has 0 bridgehead atoms. The molecule has 0 aromatic carbocycles. The highest BCUT2D eigenvalue weighted by Gasteiger charge is 2.11. The number of carbonyl (C=O) groups excluding carboxylic acids is 12. The molecule has 0 saturated heterocycles. The van der Waals surface area contributed by atoms with Gasteiger partial charge in [0.15, 0.2) is 0 Å². The summed E-state index contributed by atoms with van der Waals surface area (Å²) < 4.78 is 0. The minimum atomic E-state index is -0.00738. The van der Waals surface area contributed by atoms with Crippen LogP contribution >= 0.6 is 0 Å². The lowest BCUT2D eigenvalue weighted by Crippen LogP contribution is -2.26. The standard InChI is InChI=1S/C72H134N12O12/c1-3-49-73-61(85)37-15-17-39-63(87)75-51-27-5-7-29-53-77-65(89)41-19-21-43-67(91)79-55-31-9-11-33-57-81-69(93)45-23-25-47-71(95)83-59-35-13-14-36-60-84-72(96)48-26-24-46-70(94)82-58-34-12-10-32-56-80-68(92)44-22-20-42-66(90)78-54-30-8-6-28-52-76-64(88)40-18-16-38-62(86)74-50-4-2/h3-60H2,1-2H3,(H,73,85)(H,74,86)(H,75,87)(H,76,88)(H,77,89)(H,78,90)(H,79,91)(H,80,92)(H,81,93)(H,82,94)(H,83,95)(H,84,96). The van der Waals surface area contributed by atoms with E-state index in [2.05, 4.69) is 63.8 Å². The molecule has 0 aromatic heterocycles. The van der Waals surface area contributed by atoms with Crippen LogP contribution in [0.3, 0.4) is 0 Å². The Morgan fingerprint density at radius 2 is 0.229 bits per heavy atom. The van der Waals surface area contributed by atoms with Gasteiger partial charge in [-0.25, -0.2) is 0 Å². The van der Waals surface area contributed by atoms with E-state index in [-0.39, 0.29) is 70.9 Å². The Balaban J connectivity index is 3.52. The van der Waals surface area contributed by atoms with Crippen LogP contribution in [0.2, 0.25) is 0 Å². The van der Waals surface area contributed by atoms with Crippen LogP contribution in [-0.2, 0) is 57.5 Å². The molecule has 0 fully saturated rings. The van der Waals surface area contributed by atoms with E-state index in [1.807, 2.05) is 13.8 Å². The van der Waals surface area contributed by atoms with E-state index in [9.17, 15) is 57.5 Å². The number of amides is 12. The summed E-state index contributed by atoms with van der Waals surface area (Å²) in [4.78, 5) is 145. The highest BCUT2D eigenvalue weighted by atomic mass is 16.2. The summed E-state index contributed by atoms with van der Waals surface area (Å²) in [5.41, 5.74) is 0. The van der Waals surface area contributed by atoms with Crippen molar-refractivity contribution in [2.24, 2.45) is 0 Å². The first-order chi connectivity index (χ1) is 46.6. The van der Waals surface area contributed by atoms with Crippen molar-refractivity contribution in [3.8, 4) is 0 Å². The fourth-order valence-electron chi connectivity index (χ4n) is 10.3. The minimum absolute atomic E-state index is 0.00105. The smallest absolute Gasteiger partial charge is 0.219 e. The predicted octanol–water partition coefficient (Wildman–Crippen LogP) is 8.37. The van der Waals surface area contributed by atoms with Crippen LogP contribution in [-0.4, -0.2) is 149 Å². The summed E-state index contributed by atoms with van der Waals surface area (Å²) in [6, 6.07) is 0. The highest BCUT2D eigenvalue weighted by Crippen LogP contribution is 2.09. The van der Waals surface area contributed by atoms with Crippen LogP contribution in [0.15, 0.2) is 0 Å². The van der Waals surface area contributed by atoms with Crippen LogP contribution < -0.4 is 63.8 Å². The second kappa shape index (κ2) is 68.6. The fraction of sp³-hybridized carbons (Fsp3) is 0.833. The van der Waals surface area contributed by atoms with Gasteiger partial charge < -0.3 is 63.8 Å². The third kappa shape index (κ3) is 67.6. The minimum Gasteiger partial charge on any atom is -0.356 e. The van der Waals surface area contributed by atoms with Crippen LogP contribution in [0.4, 0.5) is 0 Å². The van der Waals surface area contributed by atoms with Gasteiger partial charge in [0.1, 0.15) is 0 Å². The average Bonchev–Trinajstić information content (AvgIpc) is 3.76. The van der Waals surface area contributed by atoms with Gasteiger partial charge in [-0.1, -0.05) is 78.1 Å². The van der Waals surface area contributed by atoms with Crippen molar-refractivity contribution in [3.05, 3.63) is 0 Å². The lowest BCUT2D eigenvalue weighted by molar-refractivity contribution is -0.123. The molecule has 0 unspecified atom stereocenters. The fourth-order valence-corrected chi connectivity index (χ4v) is 10.3. The number of unbranched alkanes of at least 4 members (excludes halogenated alkanes) is 21. The van der Waals surface area contributed by atoms with E-state index in [1.165, 1.54) is 0 Å². The van der Waals surface area contributed by atoms with Gasteiger partial charge in [-0.2, -0.15) is 0 Å². The quantitative estimate of drug-likeness (QED) is 0.0256. The summed E-state index contributed by atoms with van der Waals surface area (Å²) in [6.07, 6.45) is 33.2. The highest BCUT2D eigenvalue weighted by molar-refractivity contribution is 5.80. The topological polar surface area (TPSA) is 349 Å². The summed E-state index contributed by atoms with van der Waals surface area (Å²) >= 11 is 0. The monoisotopic (exact) mass is 1360 g/mol. The van der Waals surface area contributed by atoms with E-state index < -0.39 is 0 Å². The molecule has 12 amide bonds. The normalized spacial score (nSPS) is 10.8. The lowest BCUT2D eigenvalue weighted by atomic mass is 10.1. The lowest BCUT2D eigenvalue weighted by Gasteiger charge is -2.08. The maximum Gasteiger partial charge on any atom is 0.219 e. The molecule has 96 heavy (non-hydrogen) atoms. The first-order valence-corrected chi connectivity index (χ1v) is 37.8. The number of rotatable bonds is 69. The van der Waals surface area contributed by atoms with Crippen molar-refractivity contribution in [3.63, 3.8) is 0 Å². The molecule has 0 spiro atoms. The number of hydrogen-bond acceptors (Lipinski definition) is 12. The van der Waals surface area contributed by atoms with Gasteiger partial charge in [0.25, 0.3) is 0 Å². The van der Waals surface area contributed by atoms with E-state index in [1.54, 1.807) is 0 Å². The zero-order valence-electron chi connectivity index (χ0n) is 59.9. The predicted molar refractivity (Wildman–Crippen MR) is 380 cm³/mol. The van der Waals surface area contributed by atoms with E-state index >= 15 is 0 Å². The molecule has 0 saturated carbocycles. The molecule has 0 aliphatic rings. The molecule has 0 aliphatic heterocycles. The van der Waals surface area contributed by atoms with Crippen LogP contribution in [0.25, 0.3) is 0 Å². The Morgan fingerprint density at radius 1 is 0.135 bits per heavy atom. The maximum atomic E-state index is 12.3. The average molecular weight is 1360 g/mol. The first kappa shape index (κ1) is 89.6. The van der Waals surface area contributed by atoms with Crippen molar-refractivity contribution < 1.29 is 57.5 Å². The molecule has 12 N–H and O–H groups in total. The molecule has 0 atom stereocenters. The van der Waals surface area contributed by atoms with Gasteiger partial charge in [0.05, 0.1) is 0 Å². The molecule has 0 rings (SSSR count). The van der Waals surface area contributed by atoms with Crippen molar-refractivity contribution >= 4 is 70.9 Å². The zero-order valence-corrected chi connectivity index (χ0v) is 59.9. The molecule has 0 heterocycles. The van der Waals surface area contributed by atoms with Crippen molar-refractivity contribution in [1.29, 1.82) is 0 Å². The Hall–Kier alpha value is -6.36. The molecule has 0 aromatic rings. The van der Waals surface area contributed by atoms with Crippen LogP contribution in [0.5, 0.6) is 0 Å². The summed E-state index contributed by atoms with van der Waals surface area (Å²) in [5.74, 6) is 0.121. The van der Waals surface area contributed by atoms with Gasteiger partial charge in [0.2, 0.25) is 70.9 Å². The Bertz CT molecular complexity index is 1940. The van der Waals surface area contributed by atoms with Crippen LogP contribution in [0, 0.1) is 0 Å². The number of nitrogens with one attached hydrogen (secondary N) is 12. The number of hydrogen-bond donors (Lipinski definition) is 12. The zero-order chi connectivity index (χ0) is 70.4. The first-order valence-electron chi connectivity index (χ1n) is 37.8. The van der Waals surface area contributed by atoms with Gasteiger partial charge in [0, 0.05) is 156 Å². The van der Waals surface area contributed by atoms with Gasteiger partial charge in [-0.15, -0.1) is 0 Å². The van der Waals surface area contributed by atoms with E-state index in [0.717, 1.165) is 141 Å². The Morgan fingerprint density at radius 3 is 0.323 bits per heavy atom. The third-order valence-corrected chi connectivity index (χ3v) is 16.2. The van der Waals surface area contributed by atoms with Crippen molar-refractivity contribution in [1.82, 2.24) is 63.8 Å². The largest absolute Gasteiger partial charge is 0.356 e. The van der Waals surface area contributed by atoms with E-state index in [0.29, 0.717) is 233 Å². The van der Waals surface area contributed by atoms with Crippen molar-refractivity contribution in [2.45, 2.75) is 309 Å². The second-order valence-corrected chi connectivity index (χ2v) is 25.5. The summed E-state index contributed by atoms with van der Waals surface area (Å²) in [7, 11) is 0. The Labute approximate surface area is 577 Å². The van der Waals surface area contributed by atoms with Crippen LogP contribution in [0.1, 0.15) is 309 Å². The molecule has 24 nitrogen and oxygen atoms in total. The molecule has 554 valence electrons. The molecular weight excluding hydrogens is 1220 g/mol. The van der Waals surface area contributed by atoms with E-state index in [4.69, 9.17) is 0 Å². The molecule has 24 heteroatoms.